The van der Waals surface area contributed by atoms with E-state index in [1.165, 1.54) is 4.90 Å². The molecule has 30 heavy (non-hydrogen) atoms. The van der Waals surface area contributed by atoms with Crippen molar-refractivity contribution in [2.24, 2.45) is 5.41 Å². The fourth-order valence-corrected chi connectivity index (χ4v) is 3.74. The summed E-state index contributed by atoms with van der Waals surface area (Å²) in [6.07, 6.45) is 8.00. The second-order valence-electron chi connectivity index (χ2n) is 8.05. The highest BCUT2D eigenvalue weighted by molar-refractivity contribution is 5.95. The Morgan fingerprint density at radius 3 is 2.70 bits per heavy atom. The predicted molar refractivity (Wildman–Crippen MR) is 112 cm³/mol. The number of hydrogen-bond donors (Lipinski definition) is 2. The number of benzene rings is 1. The van der Waals surface area contributed by atoms with E-state index in [9.17, 15) is 14.0 Å². The molecule has 1 saturated heterocycles. The van der Waals surface area contributed by atoms with Crippen LogP contribution in [0.1, 0.15) is 38.2 Å². The molecule has 2 N–H and O–H groups in total. The largest absolute Gasteiger partial charge is 0.380 e. The number of allylic oxidation sites excluding steroid dienone is 2. The summed E-state index contributed by atoms with van der Waals surface area (Å²) < 4.78 is 13.5. The highest BCUT2D eigenvalue weighted by atomic mass is 19.1. The third-order valence-electron chi connectivity index (χ3n) is 5.79. The van der Waals surface area contributed by atoms with Gasteiger partial charge in [-0.3, -0.25) is 9.59 Å². The summed E-state index contributed by atoms with van der Waals surface area (Å²) in [6, 6.07) is 8.40. The quantitative estimate of drug-likeness (QED) is 0.734. The molecule has 1 aromatic rings. The molecule has 1 aliphatic carbocycles. The molecule has 0 saturated carbocycles. The number of likely N-dealkylation sites (tertiary alicyclic amines) is 1. The van der Waals surface area contributed by atoms with Crippen LogP contribution < -0.4 is 10.6 Å². The van der Waals surface area contributed by atoms with E-state index in [0.29, 0.717) is 24.9 Å². The monoisotopic (exact) mass is 408 g/mol. The number of anilines is 1. The molecule has 1 fully saturated rings. The predicted octanol–water partition coefficient (Wildman–Crippen LogP) is 2.73. The van der Waals surface area contributed by atoms with Crippen LogP contribution in [-0.4, -0.2) is 42.0 Å². The zero-order valence-electron chi connectivity index (χ0n) is 17.0. The number of terminal acetylenes is 1. The Hall–Kier alpha value is -3.32. The van der Waals surface area contributed by atoms with E-state index in [-0.39, 0.29) is 31.3 Å². The summed E-state index contributed by atoms with van der Waals surface area (Å²) in [5, 5.41) is 15.1. The molecule has 1 unspecified atom stereocenters. The van der Waals surface area contributed by atoms with Gasteiger partial charge in [-0.2, -0.15) is 5.26 Å². The van der Waals surface area contributed by atoms with Gasteiger partial charge in [-0.1, -0.05) is 18.9 Å². The van der Waals surface area contributed by atoms with Gasteiger partial charge in [0.25, 0.3) is 0 Å². The first-order valence-corrected chi connectivity index (χ1v) is 9.99. The first-order valence-electron chi connectivity index (χ1n) is 9.99. The van der Waals surface area contributed by atoms with E-state index < -0.39 is 17.6 Å². The normalized spacial score (nSPS) is 25.6. The standard InChI is InChI=1S/C23H25FN4O2/c1-3-16-4-6-19(7-5-16)27-22(30)23(2)10-8-18(9-11-23)26-14-21(29)28-15-17(24)12-20(28)13-25/h1,4-8,17,20,26H,9-12,14-15H2,2H3,(H,27,30)/t17-,20-,23?/m0/s1. The molecule has 2 amide bonds. The van der Waals surface area contributed by atoms with Crippen LogP contribution in [0.25, 0.3) is 0 Å². The van der Waals surface area contributed by atoms with Crippen LogP contribution in [0.2, 0.25) is 0 Å². The number of rotatable bonds is 5. The summed E-state index contributed by atoms with van der Waals surface area (Å²) in [7, 11) is 0. The first-order chi connectivity index (χ1) is 14.3. The fourth-order valence-electron chi connectivity index (χ4n) is 3.74. The lowest BCUT2D eigenvalue weighted by Crippen LogP contribution is -2.41. The van der Waals surface area contributed by atoms with E-state index in [1.54, 1.807) is 24.3 Å². The van der Waals surface area contributed by atoms with Crippen molar-refractivity contribution in [1.29, 1.82) is 5.26 Å². The summed E-state index contributed by atoms with van der Waals surface area (Å²) >= 11 is 0. The molecule has 0 spiro atoms. The maximum Gasteiger partial charge on any atom is 0.243 e. The third kappa shape index (κ3) is 4.80. The van der Waals surface area contributed by atoms with Crippen LogP contribution >= 0.6 is 0 Å². The molecule has 1 aromatic carbocycles. The Labute approximate surface area is 176 Å². The molecule has 156 valence electrons. The van der Waals surface area contributed by atoms with Crippen molar-refractivity contribution in [1.82, 2.24) is 10.2 Å². The number of alkyl halides is 1. The second kappa shape index (κ2) is 9.00. The van der Waals surface area contributed by atoms with Gasteiger partial charge in [0.15, 0.2) is 0 Å². The summed E-state index contributed by atoms with van der Waals surface area (Å²) in [5.74, 6) is 2.19. The summed E-state index contributed by atoms with van der Waals surface area (Å²) in [4.78, 5) is 26.4. The Balaban J connectivity index is 1.52. The van der Waals surface area contributed by atoms with E-state index >= 15 is 0 Å². The van der Waals surface area contributed by atoms with Crippen molar-refractivity contribution < 1.29 is 14.0 Å². The Morgan fingerprint density at radius 1 is 1.37 bits per heavy atom. The van der Waals surface area contributed by atoms with Gasteiger partial charge >= 0.3 is 0 Å². The molecule has 0 aromatic heterocycles. The zero-order valence-corrected chi connectivity index (χ0v) is 17.0. The average molecular weight is 408 g/mol. The maximum absolute atomic E-state index is 13.5. The number of carbonyl (C=O) groups excluding carboxylic acids is 2. The Bertz CT molecular complexity index is 928. The van der Waals surface area contributed by atoms with Crippen LogP contribution in [0.3, 0.4) is 0 Å². The SMILES string of the molecule is C#Cc1ccc(NC(=O)C2(C)CC=C(NCC(=O)N3C[C@@H](F)C[C@H]3C#N)CC2)cc1. The number of nitrogens with zero attached hydrogens (tertiary/aromatic N) is 2. The lowest BCUT2D eigenvalue weighted by atomic mass is 9.77. The van der Waals surface area contributed by atoms with E-state index in [4.69, 9.17) is 11.7 Å². The van der Waals surface area contributed by atoms with Gasteiger partial charge in [-0.05, 0) is 43.5 Å². The molecular formula is C23H25FN4O2. The maximum atomic E-state index is 13.5. The molecule has 1 aliphatic heterocycles. The number of amides is 2. The molecule has 3 rings (SSSR count). The molecule has 6 nitrogen and oxygen atoms in total. The topological polar surface area (TPSA) is 85.2 Å². The van der Waals surface area contributed by atoms with Gasteiger partial charge in [-0.25, -0.2) is 4.39 Å². The van der Waals surface area contributed by atoms with Crippen molar-refractivity contribution in [2.75, 3.05) is 18.4 Å². The number of nitriles is 1. The minimum Gasteiger partial charge on any atom is -0.380 e. The van der Waals surface area contributed by atoms with Crippen LogP contribution in [0.5, 0.6) is 0 Å². The van der Waals surface area contributed by atoms with Crippen molar-refractivity contribution in [3.05, 3.63) is 41.6 Å². The fraction of sp³-hybridized carbons (Fsp3) is 0.435. The van der Waals surface area contributed by atoms with E-state index in [0.717, 1.165) is 11.3 Å². The summed E-state index contributed by atoms with van der Waals surface area (Å²) in [6.45, 7) is 1.90. The third-order valence-corrected chi connectivity index (χ3v) is 5.79. The molecule has 0 radical (unpaired) electrons. The van der Waals surface area contributed by atoms with Crippen molar-refractivity contribution in [3.63, 3.8) is 0 Å². The Morgan fingerprint density at radius 2 is 2.10 bits per heavy atom. The average Bonchev–Trinajstić information content (AvgIpc) is 3.14. The van der Waals surface area contributed by atoms with Gasteiger partial charge in [0.05, 0.1) is 24.6 Å². The first kappa shape index (κ1) is 21.4. The van der Waals surface area contributed by atoms with Crippen molar-refractivity contribution in [2.45, 2.75) is 44.8 Å². The van der Waals surface area contributed by atoms with E-state index in [2.05, 4.69) is 16.6 Å². The zero-order chi connectivity index (χ0) is 21.7. The van der Waals surface area contributed by atoms with Crippen LogP contribution in [-0.2, 0) is 9.59 Å². The number of hydrogen-bond acceptors (Lipinski definition) is 4. The highest BCUT2D eigenvalue weighted by Gasteiger charge is 2.36. The number of nitrogens with one attached hydrogen (secondary N) is 2. The lowest BCUT2D eigenvalue weighted by molar-refractivity contribution is -0.130. The molecule has 0 bridgehead atoms. The van der Waals surface area contributed by atoms with Crippen LogP contribution in [0.4, 0.5) is 10.1 Å². The molecule has 3 atom stereocenters. The van der Waals surface area contributed by atoms with Gasteiger partial charge in [0, 0.05) is 23.4 Å². The van der Waals surface area contributed by atoms with Gasteiger partial charge < -0.3 is 15.5 Å². The molecule has 1 heterocycles. The van der Waals surface area contributed by atoms with Gasteiger partial charge in [-0.15, -0.1) is 6.42 Å². The minimum absolute atomic E-state index is 0.0151. The van der Waals surface area contributed by atoms with E-state index in [1.807, 2.05) is 19.1 Å². The minimum atomic E-state index is -1.14. The van der Waals surface area contributed by atoms with Crippen LogP contribution in [0.15, 0.2) is 36.0 Å². The molecule has 7 heteroatoms. The second-order valence-corrected chi connectivity index (χ2v) is 8.05. The van der Waals surface area contributed by atoms with Crippen molar-refractivity contribution in [3.8, 4) is 18.4 Å². The van der Waals surface area contributed by atoms with Gasteiger partial charge in [0.1, 0.15) is 12.2 Å². The van der Waals surface area contributed by atoms with Crippen LogP contribution in [0, 0.1) is 29.1 Å². The Kier molecular flexibility index (Phi) is 6.42. The number of carbonyl (C=O) groups is 2. The smallest absolute Gasteiger partial charge is 0.243 e. The number of halogens is 1. The van der Waals surface area contributed by atoms with Gasteiger partial charge in [0.2, 0.25) is 11.8 Å². The van der Waals surface area contributed by atoms with Crippen molar-refractivity contribution >= 4 is 17.5 Å². The molecular weight excluding hydrogens is 383 g/mol. The highest BCUT2D eigenvalue weighted by Crippen LogP contribution is 2.35. The lowest BCUT2D eigenvalue weighted by Gasteiger charge is -2.32. The summed E-state index contributed by atoms with van der Waals surface area (Å²) in [5.41, 5.74) is 1.78. The molecule has 2 aliphatic rings.